The van der Waals surface area contributed by atoms with Crippen LogP contribution < -0.4 is 9.47 Å². The number of carbonyl (C=O) groups excluding carboxylic acids is 1. The third-order valence-corrected chi connectivity index (χ3v) is 4.22. The molecule has 2 unspecified atom stereocenters. The van der Waals surface area contributed by atoms with Crippen molar-refractivity contribution >= 4 is 11.8 Å². The van der Waals surface area contributed by atoms with E-state index in [4.69, 9.17) is 9.47 Å². The lowest BCUT2D eigenvalue weighted by Gasteiger charge is -2.38. The van der Waals surface area contributed by atoms with Gasteiger partial charge in [0.1, 0.15) is 5.60 Å². The van der Waals surface area contributed by atoms with E-state index in [0.29, 0.717) is 17.1 Å². The lowest BCUT2D eigenvalue weighted by atomic mass is 9.70. The minimum Gasteiger partial charge on any atom is -0.493 e. The molecule has 0 fully saturated rings. The number of ether oxygens (including phenoxy) is 2. The van der Waals surface area contributed by atoms with Gasteiger partial charge in [-0.3, -0.25) is 9.59 Å². The molecule has 6 nitrogen and oxygen atoms in total. The Labute approximate surface area is 145 Å². The van der Waals surface area contributed by atoms with E-state index in [1.807, 2.05) is 0 Å². The first-order valence-electron chi connectivity index (χ1n) is 7.60. The number of benzene rings is 1. The Kier molecular flexibility index (Phi) is 5.44. The van der Waals surface area contributed by atoms with Crippen LogP contribution in [0.1, 0.15) is 12.0 Å². The molecule has 0 amide bonds. The standard InChI is InChI=1S/C19H20O6/c1-4-15(20)14-7-5-6-12(11-18(21)22)19(14,23)13-8-9-16(24-2)17(10-13)25-3/h4-10,12,23H,1,11H2,2-3H3,(H,21,22). The fraction of sp³-hybridized carbons (Fsp3) is 0.263. The van der Waals surface area contributed by atoms with E-state index in [1.54, 1.807) is 24.3 Å². The van der Waals surface area contributed by atoms with Crippen LogP contribution in [0, 0.1) is 5.92 Å². The van der Waals surface area contributed by atoms with Gasteiger partial charge in [0.25, 0.3) is 0 Å². The Balaban J connectivity index is 2.65. The molecule has 132 valence electrons. The van der Waals surface area contributed by atoms with E-state index < -0.39 is 23.3 Å². The Morgan fingerprint density at radius 3 is 2.52 bits per heavy atom. The van der Waals surface area contributed by atoms with Crippen LogP contribution in [0.2, 0.25) is 0 Å². The Morgan fingerprint density at radius 1 is 1.28 bits per heavy atom. The minimum atomic E-state index is -1.82. The molecule has 2 N–H and O–H groups in total. The molecule has 0 saturated heterocycles. The van der Waals surface area contributed by atoms with Gasteiger partial charge in [-0.15, -0.1) is 0 Å². The number of hydrogen-bond acceptors (Lipinski definition) is 5. The highest BCUT2D eigenvalue weighted by Crippen LogP contribution is 2.44. The van der Waals surface area contributed by atoms with E-state index in [0.717, 1.165) is 6.08 Å². The van der Waals surface area contributed by atoms with Crippen LogP contribution in [0.25, 0.3) is 0 Å². The maximum Gasteiger partial charge on any atom is 0.304 e. The van der Waals surface area contributed by atoms with Gasteiger partial charge in [-0.25, -0.2) is 0 Å². The van der Waals surface area contributed by atoms with Gasteiger partial charge in [0.15, 0.2) is 17.3 Å². The van der Waals surface area contributed by atoms with Gasteiger partial charge in [-0.1, -0.05) is 30.9 Å². The highest BCUT2D eigenvalue weighted by atomic mass is 16.5. The van der Waals surface area contributed by atoms with E-state index in [9.17, 15) is 19.8 Å². The number of hydrogen-bond donors (Lipinski definition) is 2. The largest absolute Gasteiger partial charge is 0.493 e. The van der Waals surface area contributed by atoms with E-state index >= 15 is 0 Å². The van der Waals surface area contributed by atoms with Crippen LogP contribution in [0.15, 0.2) is 54.7 Å². The minimum absolute atomic E-state index is 0.0588. The number of aliphatic hydroxyl groups is 1. The first-order valence-corrected chi connectivity index (χ1v) is 7.60. The van der Waals surface area contributed by atoms with E-state index in [2.05, 4.69) is 6.58 Å². The first-order chi connectivity index (χ1) is 11.9. The monoisotopic (exact) mass is 344 g/mol. The van der Waals surface area contributed by atoms with Crippen LogP contribution in [0.5, 0.6) is 11.5 Å². The lowest BCUT2D eigenvalue weighted by Crippen LogP contribution is -2.41. The summed E-state index contributed by atoms with van der Waals surface area (Å²) >= 11 is 0. The van der Waals surface area contributed by atoms with Crippen molar-refractivity contribution in [1.82, 2.24) is 0 Å². The number of methoxy groups -OCH3 is 2. The van der Waals surface area contributed by atoms with Crippen LogP contribution in [-0.4, -0.2) is 36.2 Å². The predicted molar refractivity (Wildman–Crippen MR) is 91.6 cm³/mol. The molecule has 0 aliphatic heterocycles. The molecule has 2 rings (SSSR count). The van der Waals surface area contributed by atoms with Crippen molar-refractivity contribution in [2.24, 2.45) is 5.92 Å². The number of allylic oxidation sites excluding steroid dienone is 3. The van der Waals surface area contributed by atoms with Gasteiger partial charge >= 0.3 is 5.97 Å². The van der Waals surface area contributed by atoms with Crippen LogP contribution in [0.4, 0.5) is 0 Å². The summed E-state index contributed by atoms with van der Waals surface area (Å²) in [5.41, 5.74) is -1.43. The lowest BCUT2D eigenvalue weighted by molar-refractivity contribution is -0.140. The molecule has 0 radical (unpaired) electrons. The quantitative estimate of drug-likeness (QED) is 0.737. The molecule has 0 bridgehead atoms. The Bertz CT molecular complexity index is 761. The van der Waals surface area contributed by atoms with E-state index in [1.165, 1.54) is 26.4 Å². The zero-order valence-electron chi connectivity index (χ0n) is 14.1. The van der Waals surface area contributed by atoms with Crippen molar-refractivity contribution in [2.45, 2.75) is 12.0 Å². The second-order valence-corrected chi connectivity index (χ2v) is 5.57. The van der Waals surface area contributed by atoms with Crippen LogP contribution in [0.3, 0.4) is 0 Å². The highest BCUT2D eigenvalue weighted by molar-refractivity contribution is 6.05. The topological polar surface area (TPSA) is 93.1 Å². The van der Waals surface area contributed by atoms with Gasteiger partial charge in [-0.05, 0) is 23.8 Å². The fourth-order valence-corrected chi connectivity index (χ4v) is 2.98. The Hall–Kier alpha value is -2.86. The van der Waals surface area contributed by atoms with Gasteiger partial charge in [0.2, 0.25) is 0 Å². The second-order valence-electron chi connectivity index (χ2n) is 5.57. The molecule has 1 aromatic rings. The maximum atomic E-state index is 12.3. The number of carbonyl (C=O) groups is 2. The summed E-state index contributed by atoms with van der Waals surface area (Å²) in [4.78, 5) is 23.5. The zero-order valence-corrected chi connectivity index (χ0v) is 14.1. The fourth-order valence-electron chi connectivity index (χ4n) is 2.98. The third-order valence-electron chi connectivity index (χ3n) is 4.22. The second kappa shape index (κ2) is 7.36. The molecule has 1 aliphatic rings. The summed E-state index contributed by atoms with van der Waals surface area (Å²) in [6.45, 7) is 3.46. The van der Waals surface area contributed by atoms with Crippen molar-refractivity contribution in [2.75, 3.05) is 14.2 Å². The molecular formula is C19H20O6. The smallest absolute Gasteiger partial charge is 0.304 e. The van der Waals surface area contributed by atoms with Crippen molar-refractivity contribution in [3.63, 3.8) is 0 Å². The number of carboxylic acid groups (broad SMARTS) is 1. The average Bonchev–Trinajstić information content (AvgIpc) is 2.61. The molecule has 0 saturated carbocycles. The summed E-state index contributed by atoms with van der Waals surface area (Å²) in [5.74, 6) is -1.57. The van der Waals surface area contributed by atoms with Crippen molar-refractivity contribution in [3.05, 3.63) is 60.2 Å². The van der Waals surface area contributed by atoms with Gasteiger partial charge in [0, 0.05) is 11.5 Å². The number of aliphatic carboxylic acids is 1. The highest BCUT2D eigenvalue weighted by Gasteiger charge is 2.45. The normalized spacial score (nSPS) is 22.0. The molecule has 25 heavy (non-hydrogen) atoms. The summed E-state index contributed by atoms with van der Waals surface area (Å²) in [5, 5.41) is 20.6. The average molecular weight is 344 g/mol. The van der Waals surface area contributed by atoms with Gasteiger partial charge in [0.05, 0.1) is 20.6 Å². The van der Waals surface area contributed by atoms with E-state index in [-0.39, 0.29) is 12.0 Å². The molecule has 0 aromatic heterocycles. The molecule has 2 atom stereocenters. The predicted octanol–water partition coefficient (Wildman–Crippen LogP) is 2.23. The SMILES string of the molecule is C=CC(=O)C1=CC=CC(CC(=O)O)C1(O)c1ccc(OC)c(OC)c1. The zero-order chi connectivity index (χ0) is 18.6. The van der Waals surface area contributed by atoms with Gasteiger partial charge < -0.3 is 19.7 Å². The number of rotatable bonds is 7. The van der Waals surface area contributed by atoms with Crippen molar-refractivity contribution in [3.8, 4) is 11.5 Å². The van der Waals surface area contributed by atoms with Crippen molar-refractivity contribution < 1.29 is 29.3 Å². The van der Waals surface area contributed by atoms with Gasteiger partial charge in [-0.2, -0.15) is 0 Å². The third kappa shape index (κ3) is 3.34. The molecule has 1 aromatic carbocycles. The van der Waals surface area contributed by atoms with Crippen molar-refractivity contribution in [1.29, 1.82) is 0 Å². The van der Waals surface area contributed by atoms with Crippen LogP contribution >= 0.6 is 0 Å². The summed E-state index contributed by atoms with van der Waals surface area (Å²) in [6, 6.07) is 4.72. The molecule has 6 heteroatoms. The summed E-state index contributed by atoms with van der Waals surface area (Å²) in [6.07, 6.45) is 5.36. The number of carboxylic acids is 1. The number of ketones is 1. The first kappa shape index (κ1) is 18.5. The molecule has 0 spiro atoms. The molecule has 1 aliphatic carbocycles. The summed E-state index contributed by atoms with van der Waals surface area (Å²) < 4.78 is 10.4. The molecular weight excluding hydrogens is 324 g/mol. The van der Waals surface area contributed by atoms with Crippen LogP contribution in [-0.2, 0) is 15.2 Å². The summed E-state index contributed by atoms with van der Waals surface area (Å²) in [7, 11) is 2.93. The molecule has 0 heterocycles. The Morgan fingerprint density at radius 2 is 1.96 bits per heavy atom. The maximum absolute atomic E-state index is 12.3.